The lowest BCUT2D eigenvalue weighted by molar-refractivity contribution is 0.454. The second-order valence-corrected chi connectivity index (χ2v) is 5.63. The summed E-state index contributed by atoms with van der Waals surface area (Å²) in [5.41, 5.74) is 3.08. The lowest BCUT2D eigenvalue weighted by atomic mass is 9.91. The summed E-state index contributed by atoms with van der Waals surface area (Å²) in [6.45, 7) is 10.3. The summed E-state index contributed by atoms with van der Waals surface area (Å²) >= 11 is 6.13. The van der Waals surface area contributed by atoms with Gasteiger partial charge in [-0.3, -0.25) is 0 Å². The number of hydrogen-bond donors (Lipinski definition) is 1. The fraction of sp³-hybridized carbons (Fsp3) is 0.571. The summed E-state index contributed by atoms with van der Waals surface area (Å²) in [6.07, 6.45) is 0. The van der Waals surface area contributed by atoms with E-state index < -0.39 is 0 Å². The summed E-state index contributed by atoms with van der Waals surface area (Å²) in [5.74, 6) is 1.06. The highest BCUT2D eigenvalue weighted by atomic mass is 35.5. The molecule has 0 aliphatic carbocycles. The summed E-state index contributed by atoms with van der Waals surface area (Å²) in [7, 11) is 0. The molecule has 0 radical (unpaired) electrons. The SMILES string of the molecule is CC(C)c1cc(C(C)Cl)cc(C(C)C)c1O. The Morgan fingerprint density at radius 2 is 1.31 bits per heavy atom. The zero-order chi connectivity index (χ0) is 12.5. The fourth-order valence-electron chi connectivity index (χ4n) is 1.81. The van der Waals surface area contributed by atoms with Crippen LogP contribution in [-0.2, 0) is 0 Å². The highest BCUT2D eigenvalue weighted by molar-refractivity contribution is 6.20. The van der Waals surface area contributed by atoms with Gasteiger partial charge in [0.1, 0.15) is 5.75 Å². The van der Waals surface area contributed by atoms with E-state index in [1.54, 1.807) is 0 Å². The smallest absolute Gasteiger partial charge is 0.122 e. The minimum absolute atomic E-state index is 0.0180. The largest absolute Gasteiger partial charge is 0.507 e. The van der Waals surface area contributed by atoms with Gasteiger partial charge in [-0.15, -0.1) is 11.6 Å². The Hall–Kier alpha value is -0.690. The average Bonchev–Trinajstić information content (AvgIpc) is 2.16. The van der Waals surface area contributed by atoms with Gasteiger partial charge in [0.05, 0.1) is 5.38 Å². The van der Waals surface area contributed by atoms with Crippen molar-refractivity contribution in [1.29, 1.82) is 0 Å². The molecule has 1 aromatic carbocycles. The van der Waals surface area contributed by atoms with E-state index in [0.717, 1.165) is 16.7 Å². The van der Waals surface area contributed by atoms with E-state index in [-0.39, 0.29) is 5.38 Å². The van der Waals surface area contributed by atoms with Crippen molar-refractivity contribution in [3.8, 4) is 5.75 Å². The molecule has 1 nitrogen and oxygen atoms in total. The predicted molar refractivity (Wildman–Crippen MR) is 70.6 cm³/mol. The van der Waals surface area contributed by atoms with Crippen LogP contribution < -0.4 is 0 Å². The molecule has 0 bridgehead atoms. The molecule has 90 valence electrons. The molecule has 0 aromatic heterocycles. The maximum atomic E-state index is 10.2. The zero-order valence-corrected chi connectivity index (χ0v) is 11.5. The average molecular weight is 241 g/mol. The topological polar surface area (TPSA) is 20.2 Å². The van der Waals surface area contributed by atoms with Gasteiger partial charge in [0, 0.05) is 0 Å². The number of alkyl halides is 1. The molecule has 0 heterocycles. The standard InChI is InChI=1S/C14H21ClO/c1-8(2)12-6-11(10(5)15)7-13(9(3)4)14(12)16/h6-10,16H,1-5H3. The molecule has 0 saturated carbocycles. The Morgan fingerprint density at radius 3 is 1.56 bits per heavy atom. The van der Waals surface area contributed by atoms with Crippen molar-refractivity contribution in [2.75, 3.05) is 0 Å². The number of phenolic OH excluding ortho intramolecular Hbond substituents is 1. The van der Waals surface area contributed by atoms with E-state index in [0.29, 0.717) is 17.6 Å². The third-order valence-electron chi connectivity index (χ3n) is 2.89. The second-order valence-electron chi connectivity index (χ2n) is 4.97. The molecule has 1 atom stereocenters. The van der Waals surface area contributed by atoms with E-state index in [1.807, 2.05) is 19.1 Å². The van der Waals surface area contributed by atoms with Crippen LogP contribution in [0, 0.1) is 0 Å². The first kappa shape index (κ1) is 13.4. The van der Waals surface area contributed by atoms with Crippen LogP contribution in [0.4, 0.5) is 0 Å². The van der Waals surface area contributed by atoms with Gasteiger partial charge < -0.3 is 5.11 Å². The van der Waals surface area contributed by atoms with Gasteiger partial charge >= 0.3 is 0 Å². The molecule has 1 aromatic rings. The molecular formula is C14H21ClO. The zero-order valence-electron chi connectivity index (χ0n) is 10.7. The van der Waals surface area contributed by atoms with Crippen molar-refractivity contribution < 1.29 is 5.11 Å². The Morgan fingerprint density at radius 1 is 0.938 bits per heavy atom. The van der Waals surface area contributed by atoms with Gasteiger partial charge in [-0.1, -0.05) is 39.8 Å². The molecule has 0 aliphatic rings. The van der Waals surface area contributed by atoms with E-state index in [9.17, 15) is 5.11 Å². The van der Waals surface area contributed by atoms with Crippen LogP contribution in [0.3, 0.4) is 0 Å². The van der Waals surface area contributed by atoms with Gasteiger partial charge in [0.25, 0.3) is 0 Å². The van der Waals surface area contributed by atoms with E-state index in [1.165, 1.54) is 0 Å². The second kappa shape index (κ2) is 5.09. The molecule has 0 saturated heterocycles. The van der Waals surface area contributed by atoms with Crippen LogP contribution in [0.15, 0.2) is 12.1 Å². The number of rotatable bonds is 3. The molecule has 0 amide bonds. The van der Waals surface area contributed by atoms with Crippen LogP contribution in [0.25, 0.3) is 0 Å². The summed E-state index contributed by atoms with van der Waals surface area (Å²) in [5, 5.41) is 10.2. The van der Waals surface area contributed by atoms with Crippen LogP contribution in [0.5, 0.6) is 5.75 Å². The first-order valence-electron chi connectivity index (χ1n) is 5.85. The minimum atomic E-state index is -0.0180. The van der Waals surface area contributed by atoms with Crippen LogP contribution in [0.1, 0.15) is 68.5 Å². The Balaban J connectivity index is 3.39. The summed E-state index contributed by atoms with van der Waals surface area (Å²) < 4.78 is 0. The third-order valence-corrected chi connectivity index (χ3v) is 3.15. The molecular weight excluding hydrogens is 220 g/mol. The van der Waals surface area contributed by atoms with Crippen LogP contribution in [-0.4, -0.2) is 5.11 Å². The first-order chi connectivity index (χ1) is 7.34. The van der Waals surface area contributed by atoms with Gasteiger partial charge in [-0.05, 0) is 35.4 Å². The summed E-state index contributed by atoms with van der Waals surface area (Å²) in [6, 6.07) is 4.03. The molecule has 1 unspecified atom stereocenters. The first-order valence-corrected chi connectivity index (χ1v) is 6.29. The molecule has 2 heteroatoms. The van der Waals surface area contributed by atoms with Crippen molar-refractivity contribution in [2.24, 2.45) is 0 Å². The Bertz CT molecular complexity index is 338. The molecule has 0 fully saturated rings. The van der Waals surface area contributed by atoms with Gasteiger partial charge in [-0.2, -0.15) is 0 Å². The highest BCUT2D eigenvalue weighted by Crippen LogP contribution is 2.37. The van der Waals surface area contributed by atoms with Crippen molar-refractivity contribution in [2.45, 2.75) is 51.8 Å². The monoisotopic (exact) mass is 240 g/mol. The highest BCUT2D eigenvalue weighted by Gasteiger charge is 2.16. The number of benzene rings is 1. The molecule has 0 spiro atoms. The number of phenols is 1. The lowest BCUT2D eigenvalue weighted by Gasteiger charge is -2.18. The van der Waals surface area contributed by atoms with Crippen molar-refractivity contribution in [3.63, 3.8) is 0 Å². The molecule has 0 aliphatic heterocycles. The number of aromatic hydroxyl groups is 1. The van der Waals surface area contributed by atoms with Gasteiger partial charge in [0.15, 0.2) is 0 Å². The van der Waals surface area contributed by atoms with Gasteiger partial charge in [-0.25, -0.2) is 0 Å². The Kier molecular flexibility index (Phi) is 4.26. The number of hydrogen-bond acceptors (Lipinski definition) is 1. The molecule has 1 rings (SSSR count). The quantitative estimate of drug-likeness (QED) is 0.742. The normalized spacial score (nSPS) is 13.5. The lowest BCUT2D eigenvalue weighted by Crippen LogP contribution is -1.99. The fourth-order valence-corrected chi connectivity index (χ4v) is 1.94. The predicted octanol–water partition coefficient (Wildman–Crippen LogP) is 4.94. The van der Waals surface area contributed by atoms with Crippen LogP contribution in [0.2, 0.25) is 0 Å². The Labute approximate surface area is 103 Å². The van der Waals surface area contributed by atoms with E-state index >= 15 is 0 Å². The maximum Gasteiger partial charge on any atom is 0.122 e. The maximum absolute atomic E-state index is 10.2. The molecule has 1 N–H and O–H groups in total. The molecule has 16 heavy (non-hydrogen) atoms. The number of halogens is 1. The van der Waals surface area contributed by atoms with Crippen molar-refractivity contribution in [1.82, 2.24) is 0 Å². The van der Waals surface area contributed by atoms with Crippen molar-refractivity contribution >= 4 is 11.6 Å². The third kappa shape index (κ3) is 2.70. The van der Waals surface area contributed by atoms with Crippen molar-refractivity contribution in [3.05, 3.63) is 28.8 Å². The summed E-state index contributed by atoms with van der Waals surface area (Å²) in [4.78, 5) is 0. The van der Waals surface area contributed by atoms with Gasteiger partial charge in [0.2, 0.25) is 0 Å². The van der Waals surface area contributed by atoms with Crippen LogP contribution >= 0.6 is 11.6 Å². The van der Waals surface area contributed by atoms with E-state index in [4.69, 9.17) is 11.6 Å². The minimum Gasteiger partial charge on any atom is -0.507 e. The van der Waals surface area contributed by atoms with E-state index in [2.05, 4.69) is 27.7 Å².